The Labute approximate surface area is 265 Å². The maximum absolute atomic E-state index is 14.5. The first-order chi connectivity index (χ1) is 21.0. The van der Waals surface area contributed by atoms with Gasteiger partial charge in [-0.25, -0.2) is 8.42 Å². The van der Waals surface area contributed by atoms with E-state index in [2.05, 4.69) is 5.32 Å². The second-order valence-corrected chi connectivity index (χ2v) is 13.1. The second-order valence-electron chi connectivity index (χ2n) is 10.8. The summed E-state index contributed by atoms with van der Waals surface area (Å²) in [6, 6.07) is 27.7. The second kappa shape index (κ2) is 14.6. The van der Waals surface area contributed by atoms with Crippen molar-refractivity contribution < 1.29 is 18.0 Å². The molecule has 1 atom stereocenters. The van der Waals surface area contributed by atoms with Crippen LogP contribution in [0.5, 0.6) is 0 Å². The highest BCUT2D eigenvalue weighted by Gasteiger charge is 2.35. The minimum absolute atomic E-state index is 0.0462. The fourth-order valence-electron chi connectivity index (χ4n) is 4.95. The van der Waals surface area contributed by atoms with Crippen LogP contribution < -0.4 is 9.62 Å². The highest BCUT2D eigenvalue weighted by Crippen LogP contribution is 2.31. The SMILES string of the molecule is CCNC(=O)[C@@H](Cc1ccccc1)N(Cc1ccc(C)cc1)C(=O)CN(c1cccc(Cl)c1C)S(=O)(=O)c1ccc(C)cc1. The number of aryl methyl sites for hydroxylation is 2. The molecule has 0 saturated heterocycles. The van der Waals surface area contributed by atoms with E-state index in [-0.39, 0.29) is 23.8 Å². The maximum Gasteiger partial charge on any atom is 0.264 e. The van der Waals surface area contributed by atoms with Crippen LogP contribution in [0.15, 0.2) is 102 Å². The van der Waals surface area contributed by atoms with Crippen molar-refractivity contribution in [3.05, 3.63) is 130 Å². The van der Waals surface area contributed by atoms with E-state index in [1.54, 1.807) is 37.3 Å². The zero-order valence-electron chi connectivity index (χ0n) is 25.5. The van der Waals surface area contributed by atoms with E-state index in [0.717, 1.165) is 26.6 Å². The van der Waals surface area contributed by atoms with Crippen LogP contribution >= 0.6 is 11.6 Å². The highest BCUT2D eigenvalue weighted by molar-refractivity contribution is 7.92. The summed E-state index contributed by atoms with van der Waals surface area (Å²) in [5, 5.41) is 3.25. The van der Waals surface area contributed by atoms with Gasteiger partial charge in [0.1, 0.15) is 12.6 Å². The van der Waals surface area contributed by atoms with Gasteiger partial charge in [0.2, 0.25) is 11.8 Å². The third kappa shape index (κ3) is 7.87. The van der Waals surface area contributed by atoms with E-state index in [0.29, 0.717) is 22.8 Å². The smallest absolute Gasteiger partial charge is 0.264 e. The predicted molar refractivity (Wildman–Crippen MR) is 176 cm³/mol. The lowest BCUT2D eigenvalue weighted by Crippen LogP contribution is -2.53. The zero-order valence-corrected chi connectivity index (χ0v) is 27.0. The number of amides is 2. The Balaban J connectivity index is 1.82. The summed E-state index contributed by atoms with van der Waals surface area (Å²) in [5.74, 6) is -0.837. The number of carbonyl (C=O) groups excluding carboxylic acids is 2. The molecule has 0 aliphatic rings. The van der Waals surface area contributed by atoms with Gasteiger partial charge in [-0.1, -0.05) is 95.5 Å². The lowest BCUT2D eigenvalue weighted by atomic mass is 10.0. The fourth-order valence-corrected chi connectivity index (χ4v) is 6.59. The molecule has 44 heavy (non-hydrogen) atoms. The van der Waals surface area contributed by atoms with Crippen molar-refractivity contribution in [3.63, 3.8) is 0 Å². The van der Waals surface area contributed by atoms with Crippen LogP contribution in [-0.4, -0.2) is 44.3 Å². The van der Waals surface area contributed by atoms with E-state index in [9.17, 15) is 18.0 Å². The molecule has 7 nitrogen and oxygen atoms in total. The molecule has 0 aliphatic carbocycles. The van der Waals surface area contributed by atoms with Crippen LogP contribution in [0.1, 0.15) is 34.7 Å². The monoisotopic (exact) mass is 631 g/mol. The lowest BCUT2D eigenvalue weighted by molar-refractivity contribution is -0.140. The number of sulfonamides is 1. The first-order valence-corrected chi connectivity index (χ1v) is 16.3. The lowest BCUT2D eigenvalue weighted by Gasteiger charge is -2.34. The van der Waals surface area contributed by atoms with Gasteiger partial charge in [0.25, 0.3) is 10.0 Å². The summed E-state index contributed by atoms with van der Waals surface area (Å²) in [6.07, 6.45) is 0.255. The molecule has 4 rings (SSSR count). The van der Waals surface area contributed by atoms with Gasteiger partial charge in [0, 0.05) is 24.5 Å². The van der Waals surface area contributed by atoms with Gasteiger partial charge in [-0.3, -0.25) is 13.9 Å². The van der Waals surface area contributed by atoms with E-state index < -0.39 is 28.5 Å². The Morgan fingerprint density at radius 1 is 0.795 bits per heavy atom. The number of benzene rings is 4. The maximum atomic E-state index is 14.5. The van der Waals surface area contributed by atoms with Crippen LogP contribution in [0.3, 0.4) is 0 Å². The summed E-state index contributed by atoms with van der Waals surface area (Å²) in [5.41, 5.74) is 4.47. The number of nitrogens with zero attached hydrogens (tertiary/aromatic N) is 2. The molecule has 2 amide bonds. The van der Waals surface area contributed by atoms with Crippen LogP contribution in [0.25, 0.3) is 0 Å². The quantitative estimate of drug-likeness (QED) is 0.201. The van der Waals surface area contributed by atoms with Gasteiger partial charge in [0.15, 0.2) is 0 Å². The largest absolute Gasteiger partial charge is 0.355 e. The molecule has 0 aromatic heterocycles. The molecule has 0 heterocycles. The van der Waals surface area contributed by atoms with Gasteiger partial charge in [-0.15, -0.1) is 0 Å². The van der Waals surface area contributed by atoms with Crippen LogP contribution in [-0.2, 0) is 32.6 Å². The molecule has 0 saturated carbocycles. The summed E-state index contributed by atoms with van der Waals surface area (Å²) in [7, 11) is -4.21. The van der Waals surface area contributed by atoms with Crippen molar-refractivity contribution in [1.29, 1.82) is 0 Å². The first-order valence-electron chi connectivity index (χ1n) is 14.5. The molecule has 0 aliphatic heterocycles. The third-order valence-corrected chi connectivity index (χ3v) is 9.67. The Kier molecular flexibility index (Phi) is 10.8. The topological polar surface area (TPSA) is 86.8 Å². The number of rotatable bonds is 12. The van der Waals surface area contributed by atoms with Gasteiger partial charge in [-0.05, 0) is 68.7 Å². The Morgan fingerprint density at radius 3 is 2.02 bits per heavy atom. The molecule has 230 valence electrons. The minimum atomic E-state index is -4.21. The standard InChI is InChI=1S/C35H38ClN3O4S/c1-5-37-35(41)33(22-28-10-7-6-8-11-28)38(23-29-18-14-25(2)15-19-29)34(40)24-39(32-13-9-12-31(36)27(32)4)44(42,43)30-20-16-26(3)17-21-30/h6-21,33H,5,22-24H2,1-4H3,(H,37,41)/t33-/m1/s1. The fraction of sp³-hybridized carbons (Fsp3) is 0.257. The number of halogens is 1. The van der Waals surface area contributed by atoms with E-state index >= 15 is 0 Å². The van der Waals surface area contributed by atoms with E-state index in [1.165, 1.54) is 17.0 Å². The molecule has 0 bridgehead atoms. The normalized spacial score (nSPS) is 11.9. The van der Waals surface area contributed by atoms with Crippen LogP contribution in [0.2, 0.25) is 5.02 Å². The van der Waals surface area contributed by atoms with E-state index in [1.807, 2.05) is 75.4 Å². The van der Waals surface area contributed by atoms with Crippen molar-refractivity contribution >= 4 is 39.1 Å². The molecule has 0 unspecified atom stereocenters. The van der Waals surface area contributed by atoms with Crippen LogP contribution in [0.4, 0.5) is 5.69 Å². The Bertz CT molecular complexity index is 1690. The first kappa shape index (κ1) is 32.8. The zero-order chi connectivity index (χ0) is 31.9. The van der Waals surface area contributed by atoms with Crippen molar-refractivity contribution in [3.8, 4) is 0 Å². The average Bonchev–Trinajstić information content (AvgIpc) is 3.01. The van der Waals surface area contributed by atoms with Gasteiger partial charge < -0.3 is 10.2 Å². The molecule has 0 radical (unpaired) electrons. The number of anilines is 1. The number of likely N-dealkylation sites (N-methyl/N-ethyl adjacent to an activating group) is 1. The summed E-state index contributed by atoms with van der Waals surface area (Å²) >= 11 is 6.44. The molecule has 0 fully saturated rings. The molecular weight excluding hydrogens is 594 g/mol. The summed E-state index contributed by atoms with van der Waals surface area (Å²) < 4.78 is 29.5. The predicted octanol–water partition coefficient (Wildman–Crippen LogP) is 6.24. The van der Waals surface area contributed by atoms with Gasteiger partial charge >= 0.3 is 0 Å². The third-order valence-electron chi connectivity index (χ3n) is 7.49. The molecule has 4 aromatic rings. The van der Waals surface area contributed by atoms with Crippen molar-refractivity contribution in [2.75, 3.05) is 17.4 Å². The van der Waals surface area contributed by atoms with Gasteiger partial charge in [0.05, 0.1) is 10.6 Å². The summed E-state index contributed by atoms with van der Waals surface area (Å²) in [6.45, 7) is 7.34. The molecule has 9 heteroatoms. The minimum Gasteiger partial charge on any atom is -0.355 e. The van der Waals surface area contributed by atoms with Gasteiger partial charge in [-0.2, -0.15) is 0 Å². The Morgan fingerprint density at radius 2 is 1.41 bits per heavy atom. The molecule has 4 aromatic carbocycles. The van der Waals surface area contributed by atoms with Crippen LogP contribution in [0, 0.1) is 20.8 Å². The molecule has 0 spiro atoms. The summed E-state index contributed by atoms with van der Waals surface area (Å²) in [4.78, 5) is 29.6. The van der Waals surface area contributed by atoms with E-state index in [4.69, 9.17) is 11.6 Å². The highest BCUT2D eigenvalue weighted by atomic mass is 35.5. The molecule has 1 N–H and O–H groups in total. The van der Waals surface area contributed by atoms with Crippen molar-refractivity contribution in [1.82, 2.24) is 10.2 Å². The van der Waals surface area contributed by atoms with Crippen molar-refractivity contribution in [2.45, 2.75) is 51.6 Å². The average molecular weight is 632 g/mol. The number of hydrogen-bond donors (Lipinski definition) is 1. The number of carbonyl (C=O) groups is 2. The number of nitrogens with one attached hydrogen (secondary N) is 1. The Hall–Kier alpha value is -4.14. The number of hydrogen-bond acceptors (Lipinski definition) is 4. The molecular formula is C35H38ClN3O4S. The van der Waals surface area contributed by atoms with Crippen molar-refractivity contribution in [2.24, 2.45) is 0 Å².